The van der Waals surface area contributed by atoms with Crippen molar-refractivity contribution >= 4 is 0 Å². The van der Waals surface area contributed by atoms with E-state index in [2.05, 4.69) is 11.8 Å². The standard InChI is InChI=1S/C14H20FNO2/c1-11-10-16(7-6-13(11)17)8-9-18-14-5-3-2-4-12(14)15/h2-5,11,13,17H,6-10H2,1H3. The fourth-order valence-corrected chi connectivity index (χ4v) is 2.27. The van der Waals surface area contributed by atoms with Crippen LogP contribution < -0.4 is 4.74 Å². The van der Waals surface area contributed by atoms with Gasteiger partial charge in [0.05, 0.1) is 6.10 Å². The Morgan fingerprint density at radius 2 is 2.22 bits per heavy atom. The number of likely N-dealkylation sites (tertiary alicyclic amines) is 1. The van der Waals surface area contributed by atoms with Crippen LogP contribution in [0.5, 0.6) is 5.75 Å². The first-order chi connectivity index (χ1) is 8.66. The Morgan fingerprint density at radius 3 is 2.94 bits per heavy atom. The normalized spacial score (nSPS) is 25.1. The maximum atomic E-state index is 13.3. The number of para-hydroxylation sites is 1. The molecule has 0 aromatic heterocycles. The zero-order valence-corrected chi connectivity index (χ0v) is 10.7. The zero-order valence-electron chi connectivity index (χ0n) is 10.7. The smallest absolute Gasteiger partial charge is 0.165 e. The lowest BCUT2D eigenvalue weighted by Crippen LogP contribution is -2.43. The Morgan fingerprint density at radius 1 is 1.44 bits per heavy atom. The van der Waals surface area contributed by atoms with Gasteiger partial charge in [-0.25, -0.2) is 4.39 Å². The predicted octanol–water partition coefficient (Wildman–Crippen LogP) is 1.91. The minimum atomic E-state index is -0.320. The summed E-state index contributed by atoms with van der Waals surface area (Å²) in [5.74, 6) is 0.287. The largest absolute Gasteiger partial charge is 0.489 e. The van der Waals surface area contributed by atoms with E-state index in [1.165, 1.54) is 6.07 Å². The van der Waals surface area contributed by atoms with Gasteiger partial charge in [0.2, 0.25) is 0 Å². The molecule has 0 aliphatic carbocycles. The van der Waals surface area contributed by atoms with E-state index in [1.807, 2.05) is 0 Å². The third-order valence-corrected chi connectivity index (χ3v) is 3.45. The molecule has 4 heteroatoms. The summed E-state index contributed by atoms with van der Waals surface area (Å²) in [7, 11) is 0. The number of ether oxygens (including phenoxy) is 1. The van der Waals surface area contributed by atoms with Crippen molar-refractivity contribution in [3.05, 3.63) is 30.1 Å². The van der Waals surface area contributed by atoms with E-state index >= 15 is 0 Å². The maximum absolute atomic E-state index is 13.3. The molecule has 0 amide bonds. The molecule has 1 aromatic rings. The molecule has 0 spiro atoms. The summed E-state index contributed by atoms with van der Waals surface area (Å²) in [6.07, 6.45) is 0.620. The molecule has 1 aliphatic rings. The molecule has 0 radical (unpaired) electrons. The minimum absolute atomic E-state index is 0.186. The van der Waals surface area contributed by atoms with Gasteiger partial charge in [0.15, 0.2) is 11.6 Å². The van der Waals surface area contributed by atoms with E-state index in [1.54, 1.807) is 18.2 Å². The average molecular weight is 253 g/mol. The monoisotopic (exact) mass is 253 g/mol. The molecule has 1 aliphatic heterocycles. The van der Waals surface area contributed by atoms with Gasteiger partial charge in [-0.15, -0.1) is 0 Å². The van der Waals surface area contributed by atoms with Crippen LogP contribution in [0.2, 0.25) is 0 Å². The summed E-state index contributed by atoms with van der Waals surface area (Å²) >= 11 is 0. The fourth-order valence-electron chi connectivity index (χ4n) is 2.27. The highest BCUT2D eigenvalue weighted by Gasteiger charge is 2.23. The van der Waals surface area contributed by atoms with Crippen LogP contribution in [0.15, 0.2) is 24.3 Å². The topological polar surface area (TPSA) is 32.7 Å². The van der Waals surface area contributed by atoms with Gasteiger partial charge < -0.3 is 9.84 Å². The predicted molar refractivity (Wildman–Crippen MR) is 68.1 cm³/mol. The summed E-state index contributed by atoms with van der Waals surface area (Å²) in [5, 5.41) is 9.63. The molecular formula is C14H20FNO2. The lowest BCUT2D eigenvalue weighted by atomic mass is 9.97. The van der Waals surface area contributed by atoms with Gasteiger partial charge in [-0.2, -0.15) is 0 Å². The van der Waals surface area contributed by atoms with Gasteiger partial charge in [-0.1, -0.05) is 19.1 Å². The summed E-state index contributed by atoms with van der Waals surface area (Å²) in [6.45, 7) is 5.05. The second kappa shape index (κ2) is 6.16. The lowest BCUT2D eigenvalue weighted by Gasteiger charge is -2.34. The van der Waals surface area contributed by atoms with E-state index in [4.69, 9.17) is 4.74 Å². The van der Waals surface area contributed by atoms with Crippen LogP contribution in [0, 0.1) is 11.7 Å². The molecule has 2 rings (SSSR count). The molecular weight excluding hydrogens is 233 g/mol. The van der Waals surface area contributed by atoms with E-state index in [9.17, 15) is 9.50 Å². The third kappa shape index (κ3) is 3.43. The summed E-state index contributed by atoms with van der Waals surface area (Å²) in [5.41, 5.74) is 0. The highest BCUT2D eigenvalue weighted by atomic mass is 19.1. The molecule has 1 N–H and O–H groups in total. The molecule has 0 bridgehead atoms. The Hall–Kier alpha value is -1.13. The second-order valence-electron chi connectivity index (χ2n) is 4.91. The van der Waals surface area contributed by atoms with Crippen LogP contribution in [-0.4, -0.2) is 42.4 Å². The van der Waals surface area contributed by atoms with E-state index in [-0.39, 0.29) is 11.9 Å². The summed E-state index contributed by atoms with van der Waals surface area (Å²) in [6, 6.07) is 6.44. The number of halogens is 1. The Labute approximate surface area is 107 Å². The zero-order chi connectivity index (χ0) is 13.0. The molecule has 1 aromatic carbocycles. The first-order valence-corrected chi connectivity index (χ1v) is 6.44. The Kier molecular flexibility index (Phi) is 4.55. The second-order valence-corrected chi connectivity index (χ2v) is 4.91. The van der Waals surface area contributed by atoms with Gasteiger partial charge in [0.25, 0.3) is 0 Å². The van der Waals surface area contributed by atoms with Crippen LogP contribution in [0.4, 0.5) is 4.39 Å². The first kappa shape index (κ1) is 13.3. The highest BCUT2D eigenvalue weighted by molar-refractivity contribution is 5.23. The van der Waals surface area contributed by atoms with Gasteiger partial charge in [0, 0.05) is 19.6 Å². The van der Waals surface area contributed by atoms with Gasteiger partial charge >= 0.3 is 0 Å². The van der Waals surface area contributed by atoms with Crippen molar-refractivity contribution < 1.29 is 14.2 Å². The number of rotatable bonds is 4. The minimum Gasteiger partial charge on any atom is -0.489 e. The van der Waals surface area contributed by atoms with Gasteiger partial charge in [0.1, 0.15) is 6.61 Å². The molecule has 0 saturated carbocycles. The van der Waals surface area contributed by atoms with Crippen molar-refractivity contribution in [1.82, 2.24) is 4.90 Å². The molecule has 1 fully saturated rings. The van der Waals surface area contributed by atoms with Crippen LogP contribution in [0.3, 0.4) is 0 Å². The molecule has 2 unspecified atom stereocenters. The van der Waals surface area contributed by atoms with E-state index < -0.39 is 0 Å². The number of hydrogen-bond donors (Lipinski definition) is 1. The number of aliphatic hydroxyl groups is 1. The third-order valence-electron chi connectivity index (χ3n) is 3.45. The first-order valence-electron chi connectivity index (χ1n) is 6.44. The number of aliphatic hydroxyl groups excluding tert-OH is 1. The average Bonchev–Trinajstić information content (AvgIpc) is 2.36. The molecule has 100 valence electrons. The Bertz CT molecular complexity index is 386. The molecule has 3 nitrogen and oxygen atoms in total. The lowest BCUT2D eigenvalue weighted by molar-refractivity contribution is 0.0302. The SMILES string of the molecule is CC1CN(CCOc2ccccc2F)CCC1O. The van der Waals surface area contributed by atoms with Crippen LogP contribution in [0.1, 0.15) is 13.3 Å². The van der Waals surface area contributed by atoms with E-state index in [0.29, 0.717) is 18.3 Å². The fraction of sp³-hybridized carbons (Fsp3) is 0.571. The maximum Gasteiger partial charge on any atom is 0.165 e. The summed E-state index contributed by atoms with van der Waals surface area (Å²) in [4.78, 5) is 2.25. The quantitative estimate of drug-likeness (QED) is 0.889. The van der Waals surface area contributed by atoms with Gasteiger partial charge in [-0.3, -0.25) is 4.90 Å². The Balaban J connectivity index is 1.74. The van der Waals surface area contributed by atoms with Crippen molar-refractivity contribution in [3.8, 4) is 5.75 Å². The number of hydrogen-bond acceptors (Lipinski definition) is 3. The number of piperidine rings is 1. The van der Waals surface area contributed by atoms with Crippen molar-refractivity contribution in [2.24, 2.45) is 5.92 Å². The van der Waals surface area contributed by atoms with Crippen LogP contribution in [0.25, 0.3) is 0 Å². The van der Waals surface area contributed by atoms with Crippen molar-refractivity contribution in [2.45, 2.75) is 19.4 Å². The molecule has 1 heterocycles. The summed E-state index contributed by atoms with van der Waals surface area (Å²) < 4.78 is 18.7. The van der Waals surface area contributed by atoms with Crippen LogP contribution in [-0.2, 0) is 0 Å². The number of benzene rings is 1. The molecule has 18 heavy (non-hydrogen) atoms. The highest BCUT2D eigenvalue weighted by Crippen LogP contribution is 2.17. The van der Waals surface area contributed by atoms with Crippen molar-refractivity contribution in [1.29, 1.82) is 0 Å². The van der Waals surface area contributed by atoms with Gasteiger partial charge in [-0.05, 0) is 24.5 Å². The van der Waals surface area contributed by atoms with E-state index in [0.717, 1.165) is 26.1 Å². The van der Waals surface area contributed by atoms with Crippen LogP contribution >= 0.6 is 0 Å². The molecule has 1 saturated heterocycles. The molecule has 2 atom stereocenters. The number of nitrogens with zero attached hydrogens (tertiary/aromatic N) is 1. The van der Waals surface area contributed by atoms with Crippen molar-refractivity contribution in [2.75, 3.05) is 26.2 Å². The van der Waals surface area contributed by atoms with Crippen molar-refractivity contribution in [3.63, 3.8) is 0 Å².